The number of allylic oxidation sites excluding steroid dienone is 1. The summed E-state index contributed by atoms with van der Waals surface area (Å²) in [5, 5.41) is 2.96. The van der Waals surface area contributed by atoms with Crippen LogP contribution in [0.15, 0.2) is 99.9 Å². The van der Waals surface area contributed by atoms with E-state index in [0.717, 1.165) is 11.1 Å². The lowest BCUT2D eigenvalue weighted by Gasteiger charge is -2.25. The van der Waals surface area contributed by atoms with Gasteiger partial charge in [0.15, 0.2) is 4.80 Å². The van der Waals surface area contributed by atoms with E-state index in [1.165, 1.54) is 11.3 Å². The molecular formula is C29H25N3O4S. The van der Waals surface area contributed by atoms with Crippen LogP contribution >= 0.6 is 11.3 Å². The number of nitrogens with zero attached hydrogens (tertiary/aromatic N) is 2. The van der Waals surface area contributed by atoms with Crippen LogP contribution in [-0.4, -0.2) is 24.7 Å². The first-order valence-electron chi connectivity index (χ1n) is 11.7. The molecule has 0 spiro atoms. The van der Waals surface area contributed by atoms with Gasteiger partial charge in [-0.3, -0.25) is 14.2 Å². The van der Waals surface area contributed by atoms with Crippen molar-refractivity contribution in [1.82, 2.24) is 4.57 Å². The Balaban J connectivity index is 1.67. The summed E-state index contributed by atoms with van der Waals surface area (Å²) in [6.07, 6.45) is 1.82. The van der Waals surface area contributed by atoms with Gasteiger partial charge in [0, 0.05) is 5.69 Å². The monoisotopic (exact) mass is 511 g/mol. The predicted octanol–water partition coefficient (Wildman–Crippen LogP) is 3.89. The maximum Gasteiger partial charge on any atom is 0.271 e. The van der Waals surface area contributed by atoms with Crippen LogP contribution in [0.1, 0.15) is 24.1 Å². The van der Waals surface area contributed by atoms with Crippen LogP contribution < -0.4 is 29.7 Å². The number of hydrogen-bond acceptors (Lipinski definition) is 6. The van der Waals surface area contributed by atoms with Crippen LogP contribution in [0.3, 0.4) is 0 Å². The lowest BCUT2D eigenvalue weighted by atomic mass is 9.95. The van der Waals surface area contributed by atoms with Gasteiger partial charge in [-0.25, -0.2) is 4.99 Å². The second-order valence-electron chi connectivity index (χ2n) is 8.45. The fourth-order valence-corrected chi connectivity index (χ4v) is 5.36. The summed E-state index contributed by atoms with van der Waals surface area (Å²) in [6, 6.07) is 23.5. The average molecular weight is 512 g/mol. The summed E-state index contributed by atoms with van der Waals surface area (Å²) < 4.78 is 12.8. The molecule has 1 aromatic heterocycles. The number of hydrogen-bond donors (Lipinski definition) is 1. The summed E-state index contributed by atoms with van der Waals surface area (Å²) in [5.74, 6) is 1.08. The maximum absolute atomic E-state index is 13.8. The van der Waals surface area contributed by atoms with E-state index in [9.17, 15) is 9.59 Å². The maximum atomic E-state index is 13.8. The number of benzene rings is 3. The molecule has 1 amide bonds. The third-order valence-corrected chi connectivity index (χ3v) is 7.10. The van der Waals surface area contributed by atoms with Crippen LogP contribution in [0.25, 0.3) is 6.08 Å². The topological polar surface area (TPSA) is 81.9 Å². The van der Waals surface area contributed by atoms with E-state index in [2.05, 4.69) is 10.3 Å². The normalized spacial score (nSPS) is 15.1. The molecule has 7 nitrogen and oxygen atoms in total. The van der Waals surface area contributed by atoms with E-state index in [-0.39, 0.29) is 11.5 Å². The SMILES string of the molecule is COc1ccc([C@H]2C(C(=O)Nc3ccccc3)=C(C)N=c3s/c(=C/c4cccc(OC)c4)c(=O)n32)cc1. The number of nitrogens with one attached hydrogen (secondary N) is 1. The number of carbonyl (C=O) groups is 1. The molecular weight excluding hydrogens is 486 g/mol. The first-order chi connectivity index (χ1) is 18.0. The Bertz CT molecular complexity index is 1670. The quantitative estimate of drug-likeness (QED) is 0.426. The van der Waals surface area contributed by atoms with E-state index in [1.54, 1.807) is 25.7 Å². The van der Waals surface area contributed by atoms with Crippen molar-refractivity contribution in [3.63, 3.8) is 0 Å². The number of rotatable bonds is 6. The number of amides is 1. The smallest absolute Gasteiger partial charge is 0.271 e. The number of aromatic nitrogens is 1. The van der Waals surface area contributed by atoms with Gasteiger partial charge >= 0.3 is 0 Å². The first kappa shape index (κ1) is 24.3. The fraction of sp³-hybridized carbons (Fsp3) is 0.138. The van der Waals surface area contributed by atoms with Crippen molar-refractivity contribution in [2.45, 2.75) is 13.0 Å². The number of methoxy groups -OCH3 is 2. The highest BCUT2D eigenvalue weighted by atomic mass is 32.1. The summed E-state index contributed by atoms with van der Waals surface area (Å²) in [6.45, 7) is 1.80. The minimum Gasteiger partial charge on any atom is -0.497 e. The van der Waals surface area contributed by atoms with Gasteiger partial charge in [-0.15, -0.1) is 0 Å². The predicted molar refractivity (Wildman–Crippen MR) is 145 cm³/mol. The average Bonchev–Trinajstić information content (AvgIpc) is 3.22. The minimum absolute atomic E-state index is 0.218. The van der Waals surface area contributed by atoms with Gasteiger partial charge in [0.2, 0.25) is 0 Å². The van der Waals surface area contributed by atoms with Gasteiger partial charge in [-0.1, -0.05) is 53.8 Å². The number of thiazole rings is 1. The van der Waals surface area contributed by atoms with Crippen LogP contribution in [0, 0.1) is 0 Å². The van der Waals surface area contributed by atoms with Crippen molar-refractivity contribution in [2.75, 3.05) is 19.5 Å². The Labute approximate surface area is 217 Å². The summed E-state index contributed by atoms with van der Waals surface area (Å²) in [5.41, 5.74) is 3.03. The lowest BCUT2D eigenvalue weighted by molar-refractivity contribution is -0.113. The molecule has 1 aliphatic heterocycles. The highest BCUT2D eigenvalue weighted by Crippen LogP contribution is 2.31. The van der Waals surface area contributed by atoms with Crippen molar-refractivity contribution < 1.29 is 14.3 Å². The molecule has 0 radical (unpaired) electrons. The third-order valence-electron chi connectivity index (χ3n) is 6.12. The number of anilines is 1. The van der Waals surface area contributed by atoms with Crippen LogP contribution in [0.2, 0.25) is 0 Å². The van der Waals surface area contributed by atoms with Gasteiger partial charge in [0.05, 0.1) is 36.1 Å². The Hall–Kier alpha value is -4.43. The number of carbonyl (C=O) groups excluding carboxylic acids is 1. The van der Waals surface area contributed by atoms with Crippen LogP contribution in [0.5, 0.6) is 11.5 Å². The van der Waals surface area contributed by atoms with Crippen molar-refractivity contribution in [2.24, 2.45) is 4.99 Å². The Kier molecular flexibility index (Phi) is 6.74. The van der Waals surface area contributed by atoms with Gasteiger partial charge in [0.25, 0.3) is 11.5 Å². The highest BCUT2D eigenvalue weighted by molar-refractivity contribution is 7.07. The molecule has 2 heterocycles. The van der Waals surface area contributed by atoms with Gasteiger partial charge in [0.1, 0.15) is 11.5 Å². The lowest BCUT2D eigenvalue weighted by Crippen LogP contribution is -2.40. The molecule has 3 aromatic carbocycles. The zero-order valence-corrected chi connectivity index (χ0v) is 21.4. The molecule has 4 aromatic rings. The fourth-order valence-electron chi connectivity index (χ4n) is 4.32. The second kappa shape index (κ2) is 10.3. The van der Waals surface area contributed by atoms with E-state index in [4.69, 9.17) is 9.47 Å². The molecule has 37 heavy (non-hydrogen) atoms. The van der Waals surface area contributed by atoms with Crippen molar-refractivity contribution in [3.05, 3.63) is 121 Å². The largest absolute Gasteiger partial charge is 0.497 e. The van der Waals surface area contributed by atoms with Gasteiger partial charge in [-0.05, 0) is 60.5 Å². The van der Waals surface area contributed by atoms with Crippen LogP contribution in [-0.2, 0) is 4.79 Å². The molecule has 186 valence electrons. The number of fused-ring (bicyclic) bond motifs is 1. The summed E-state index contributed by atoms with van der Waals surface area (Å²) in [4.78, 5) is 32.6. The van der Waals surface area contributed by atoms with Crippen molar-refractivity contribution in [1.29, 1.82) is 0 Å². The Morgan fingerprint density at radius 3 is 2.41 bits per heavy atom. The number of ether oxygens (including phenoxy) is 2. The molecule has 1 N–H and O–H groups in total. The molecule has 1 atom stereocenters. The standard InChI is InChI=1S/C29H25N3O4S/c1-18-25(27(33)31-21-9-5-4-6-10-21)26(20-12-14-22(35-2)15-13-20)32-28(34)24(37-29(32)30-18)17-19-8-7-11-23(16-19)36-3/h4-17,26H,1-3H3,(H,31,33)/b24-17+/t26-/m0/s1. The van der Waals surface area contributed by atoms with Gasteiger partial charge in [-0.2, -0.15) is 0 Å². The summed E-state index contributed by atoms with van der Waals surface area (Å²) >= 11 is 1.29. The molecule has 0 aliphatic carbocycles. The van der Waals surface area contributed by atoms with E-state index in [0.29, 0.717) is 37.8 Å². The minimum atomic E-state index is -0.654. The molecule has 0 saturated heterocycles. The molecule has 0 unspecified atom stereocenters. The van der Waals surface area contributed by atoms with E-state index in [1.807, 2.05) is 84.9 Å². The van der Waals surface area contributed by atoms with Crippen LogP contribution in [0.4, 0.5) is 5.69 Å². The molecule has 0 saturated carbocycles. The zero-order chi connectivity index (χ0) is 25.9. The molecule has 1 aliphatic rings. The highest BCUT2D eigenvalue weighted by Gasteiger charge is 2.32. The van der Waals surface area contributed by atoms with E-state index < -0.39 is 6.04 Å². The van der Waals surface area contributed by atoms with Crippen molar-refractivity contribution >= 4 is 29.0 Å². The second-order valence-corrected chi connectivity index (χ2v) is 9.46. The first-order valence-corrected chi connectivity index (χ1v) is 12.5. The summed E-state index contributed by atoms with van der Waals surface area (Å²) in [7, 11) is 3.20. The molecule has 0 fully saturated rings. The molecule has 5 rings (SSSR count). The molecule has 8 heteroatoms. The third kappa shape index (κ3) is 4.83. The molecule has 0 bridgehead atoms. The van der Waals surface area contributed by atoms with Crippen molar-refractivity contribution in [3.8, 4) is 11.5 Å². The number of para-hydroxylation sites is 1. The zero-order valence-electron chi connectivity index (χ0n) is 20.6. The Morgan fingerprint density at radius 1 is 0.973 bits per heavy atom. The van der Waals surface area contributed by atoms with Gasteiger partial charge < -0.3 is 14.8 Å². The Morgan fingerprint density at radius 2 is 1.70 bits per heavy atom. The van der Waals surface area contributed by atoms with E-state index >= 15 is 0 Å².